The van der Waals surface area contributed by atoms with E-state index in [4.69, 9.17) is 11.6 Å². The van der Waals surface area contributed by atoms with Crippen LogP contribution in [0.4, 0.5) is 4.39 Å². The molecule has 0 fully saturated rings. The summed E-state index contributed by atoms with van der Waals surface area (Å²) in [6.45, 7) is 4.72. The van der Waals surface area contributed by atoms with Crippen LogP contribution in [0.1, 0.15) is 29.0 Å². The van der Waals surface area contributed by atoms with Crippen molar-refractivity contribution in [1.82, 2.24) is 5.32 Å². The summed E-state index contributed by atoms with van der Waals surface area (Å²) in [7, 11) is 0. The summed E-state index contributed by atoms with van der Waals surface area (Å²) in [5.41, 5.74) is 1.70. The Morgan fingerprint density at radius 2 is 2.16 bits per heavy atom. The van der Waals surface area contributed by atoms with Crippen molar-refractivity contribution in [2.75, 3.05) is 6.54 Å². The van der Waals surface area contributed by atoms with Gasteiger partial charge in [-0.15, -0.1) is 11.3 Å². The van der Waals surface area contributed by atoms with Gasteiger partial charge in [0.05, 0.1) is 14.9 Å². The SMILES string of the molecule is CCNC(c1cc(Cl)c(Br)s1)c1cc(C)ccc1F. The molecule has 1 aromatic carbocycles. The monoisotopic (exact) mass is 361 g/mol. The van der Waals surface area contributed by atoms with Gasteiger partial charge in [-0.25, -0.2) is 4.39 Å². The second-order valence-corrected chi connectivity index (χ2v) is 7.09. The summed E-state index contributed by atoms with van der Waals surface area (Å²) < 4.78 is 14.9. The molecule has 2 rings (SSSR count). The summed E-state index contributed by atoms with van der Waals surface area (Å²) in [6.07, 6.45) is 0. The average molecular weight is 363 g/mol. The zero-order chi connectivity index (χ0) is 14.0. The number of nitrogens with one attached hydrogen (secondary N) is 1. The van der Waals surface area contributed by atoms with Crippen LogP contribution in [0.3, 0.4) is 0 Å². The lowest BCUT2D eigenvalue weighted by Gasteiger charge is -2.18. The molecule has 1 unspecified atom stereocenters. The van der Waals surface area contributed by atoms with Crippen LogP contribution in [-0.2, 0) is 0 Å². The molecule has 0 saturated heterocycles. The van der Waals surface area contributed by atoms with Crippen LogP contribution in [0.25, 0.3) is 0 Å². The molecule has 1 nitrogen and oxygen atoms in total. The molecule has 0 bridgehead atoms. The van der Waals surface area contributed by atoms with Gasteiger partial charge in [0.2, 0.25) is 0 Å². The van der Waals surface area contributed by atoms with Crippen LogP contribution in [0.2, 0.25) is 5.02 Å². The Hall–Kier alpha value is -0.420. The minimum atomic E-state index is -0.197. The Morgan fingerprint density at radius 3 is 2.74 bits per heavy atom. The molecule has 0 aliphatic heterocycles. The van der Waals surface area contributed by atoms with Crippen LogP contribution in [0.15, 0.2) is 28.1 Å². The molecule has 0 spiro atoms. The average Bonchev–Trinajstić information content (AvgIpc) is 2.70. The van der Waals surface area contributed by atoms with Gasteiger partial charge in [0.1, 0.15) is 5.82 Å². The molecule has 19 heavy (non-hydrogen) atoms. The van der Waals surface area contributed by atoms with Crippen LogP contribution < -0.4 is 5.32 Å². The highest BCUT2D eigenvalue weighted by Crippen LogP contribution is 2.38. The van der Waals surface area contributed by atoms with E-state index in [2.05, 4.69) is 21.2 Å². The van der Waals surface area contributed by atoms with Crippen molar-refractivity contribution in [3.8, 4) is 0 Å². The van der Waals surface area contributed by atoms with E-state index in [1.54, 1.807) is 6.07 Å². The number of aryl methyl sites for hydroxylation is 1. The first-order valence-electron chi connectivity index (χ1n) is 5.97. The number of hydrogen-bond acceptors (Lipinski definition) is 2. The van der Waals surface area contributed by atoms with E-state index >= 15 is 0 Å². The molecule has 102 valence electrons. The van der Waals surface area contributed by atoms with Crippen LogP contribution in [-0.4, -0.2) is 6.54 Å². The minimum absolute atomic E-state index is 0.168. The topological polar surface area (TPSA) is 12.0 Å². The molecule has 0 aliphatic carbocycles. The van der Waals surface area contributed by atoms with Crippen molar-refractivity contribution >= 4 is 38.9 Å². The van der Waals surface area contributed by atoms with Gasteiger partial charge in [-0.1, -0.05) is 36.2 Å². The van der Waals surface area contributed by atoms with E-state index in [1.807, 2.05) is 26.0 Å². The summed E-state index contributed by atoms with van der Waals surface area (Å²) >= 11 is 11.0. The normalized spacial score (nSPS) is 12.7. The number of rotatable bonds is 4. The van der Waals surface area contributed by atoms with Gasteiger partial charge in [-0.3, -0.25) is 0 Å². The molecule has 1 atom stereocenters. The van der Waals surface area contributed by atoms with E-state index in [9.17, 15) is 4.39 Å². The van der Waals surface area contributed by atoms with Crippen molar-refractivity contribution in [2.45, 2.75) is 19.9 Å². The summed E-state index contributed by atoms with van der Waals surface area (Å²) in [5.74, 6) is -0.197. The maximum absolute atomic E-state index is 14.1. The van der Waals surface area contributed by atoms with Crippen molar-refractivity contribution < 1.29 is 4.39 Å². The molecular weight excluding hydrogens is 349 g/mol. The minimum Gasteiger partial charge on any atom is -0.306 e. The Balaban J connectivity index is 2.47. The number of benzene rings is 1. The lowest BCUT2D eigenvalue weighted by molar-refractivity contribution is 0.562. The molecule has 0 saturated carbocycles. The third-order valence-electron chi connectivity index (χ3n) is 2.82. The van der Waals surface area contributed by atoms with Gasteiger partial charge in [0, 0.05) is 10.4 Å². The molecule has 0 radical (unpaired) electrons. The van der Waals surface area contributed by atoms with Crippen molar-refractivity contribution in [3.05, 3.63) is 54.9 Å². The fourth-order valence-corrected chi connectivity index (χ4v) is 3.80. The third kappa shape index (κ3) is 3.37. The first-order chi connectivity index (χ1) is 9.02. The zero-order valence-electron chi connectivity index (χ0n) is 10.6. The second-order valence-electron chi connectivity index (χ2n) is 4.29. The molecule has 0 amide bonds. The fraction of sp³-hybridized carbons (Fsp3) is 0.286. The lowest BCUT2D eigenvalue weighted by atomic mass is 10.0. The van der Waals surface area contributed by atoms with Gasteiger partial charge in [-0.05, 0) is 41.5 Å². The van der Waals surface area contributed by atoms with Crippen LogP contribution in [0.5, 0.6) is 0 Å². The van der Waals surface area contributed by atoms with Crippen molar-refractivity contribution in [2.24, 2.45) is 0 Å². The highest BCUT2D eigenvalue weighted by molar-refractivity contribution is 9.11. The van der Waals surface area contributed by atoms with Crippen molar-refractivity contribution in [1.29, 1.82) is 0 Å². The maximum atomic E-state index is 14.1. The van der Waals surface area contributed by atoms with E-state index in [0.29, 0.717) is 10.6 Å². The lowest BCUT2D eigenvalue weighted by Crippen LogP contribution is -2.22. The van der Waals surface area contributed by atoms with Crippen molar-refractivity contribution in [3.63, 3.8) is 0 Å². The Morgan fingerprint density at radius 1 is 1.42 bits per heavy atom. The van der Waals surface area contributed by atoms with E-state index < -0.39 is 0 Å². The Labute approximate surface area is 129 Å². The highest BCUT2D eigenvalue weighted by atomic mass is 79.9. The first kappa shape index (κ1) is 15.0. The summed E-state index contributed by atoms with van der Waals surface area (Å²) in [6, 6.07) is 6.88. The number of thiophene rings is 1. The molecular formula is C14H14BrClFNS. The molecule has 0 aliphatic rings. The standard InChI is InChI=1S/C14H14BrClFNS/c1-3-18-13(12-7-10(16)14(15)19-12)9-6-8(2)4-5-11(9)17/h4-7,13,18H,3H2,1-2H3. The predicted octanol–water partition coefficient (Wildman–Crippen LogP) is 5.31. The summed E-state index contributed by atoms with van der Waals surface area (Å²) in [5, 5.41) is 3.98. The van der Waals surface area contributed by atoms with Gasteiger partial charge >= 0.3 is 0 Å². The molecule has 1 aromatic heterocycles. The van der Waals surface area contributed by atoms with E-state index in [1.165, 1.54) is 17.4 Å². The van der Waals surface area contributed by atoms with E-state index in [-0.39, 0.29) is 11.9 Å². The highest BCUT2D eigenvalue weighted by Gasteiger charge is 2.20. The Kier molecular flexibility index (Phi) is 5.01. The Bertz CT molecular complexity index is 565. The third-order valence-corrected chi connectivity index (χ3v) is 5.36. The van der Waals surface area contributed by atoms with Gasteiger partial charge < -0.3 is 5.32 Å². The molecule has 1 N–H and O–H groups in total. The van der Waals surface area contributed by atoms with E-state index in [0.717, 1.165) is 20.8 Å². The quantitative estimate of drug-likeness (QED) is 0.777. The molecule has 1 heterocycles. The predicted molar refractivity (Wildman–Crippen MR) is 83.7 cm³/mol. The van der Waals surface area contributed by atoms with Crippen LogP contribution >= 0.6 is 38.9 Å². The maximum Gasteiger partial charge on any atom is 0.128 e. The van der Waals surface area contributed by atoms with Crippen LogP contribution in [0, 0.1) is 12.7 Å². The zero-order valence-corrected chi connectivity index (χ0v) is 13.8. The smallest absolute Gasteiger partial charge is 0.128 e. The van der Waals surface area contributed by atoms with Gasteiger partial charge in [0.25, 0.3) is 0 Å². The van der Waals surface area contributed by atoms with Gasteiger partial charge in [0.15, 0.2) is 0 Å². The molecule has 2 aromatic rings. The largest absolute Gasteiger partial charge is 0.306 e. The molecule has 5 heteroatoms. The number of halogens is 3. The first-order valence-corrected chi connectivity index (χ1v) is 7.95. The summed E-state index contributed by atoms with van der Waals surface area (Å²) in [4.78, 5) is 1.00. The second kappa shape index (κ2) is 6.35. The fourth-order valence-electron chi connectivity index (χ4n) is 1.96. The van der Waals surface area contributed by atoms with Gasteiger partial charge in [-0.2, -0.15) is 0 Å². The number of hydrogen-bond donors (Lipinski definition) is 1.